The van der Waals surface area contributed by atoms with Gasteiger partial charge >= 0.3 is 0 Å². The molecule has 0 aliphatic carbocycles. The molecule has 0 radical (unpaired) electrons. The summed E-state index contributed by atoms with van der Waals surface area (Å²) in [5, 5.41) is 12.3. The molecule has 2 aromatic carbocycles. The SMILES string of the molecule is CNCc1ccc(OCc2cc(C#N)ccc2F)c(Cl)c1. The molecule has 3 nitrogen and oxygen atoms in total. The van der Waals surface area contributed by atoms with Crippen molar-refractivity contribution in [2.45, 2.75) is 13.2 Å². The Balaban J connectivity index is 2.11. The number of benzene rings is 2. The molecule has 0 aliphatic heterocycles. The molecule has 108 valence electrons. The summed E-state index contributed by atoms with van der Waals surface area (Å²) in [6.45, 7) is 0.727. The van der Waals surface area contributed by atoms with E-state index in [-0.39, 0.29) is 6.61 Å². The third-order valence-electron chi connectivity index (χ3n) is 2.94. The van der Waals surface area contributed by atoms with Gasteiger partial charge in [-0.05, 0) is 42.9 Å². The molecule has 0 fully saturated rings. The van der Waals surface area contributed by atoms with Crippen LogP contribution in [0.2, 0.25) is 5.02 Å². The molecule has 0 spiro atoms. The molecule has 0 saturated heterocycles. The van der Waals surface area contributed by atoms with Gasteiger partial charge in [-0.3, -0.25) is 0 Å². The molecular formula is C16H14ClFN2O. The molecule has 0 unspecified atom stereocenters. The zero-order valence-corrected chi connectivity index (χ0v) is 12.2. The first-order chi connectivity index (χ1) is 10.1. The third kappa shape index (κ3) is 3.94. The highest BCUT2D eigenvalue weighted by Crippen LogP contribution is 2.26. The lowest BCUT2D eigenvalue weighted by molar-refractivity contribution is 0.300. The van der Waals surface area contributed by atoms with E-state index in [0.717, 1.165) is 5.56 Å². The van der Waals surface area contributed by atoms with E-state index in [9.17, 15) is 4.39 Å². The average Bonchev–Trinajstić information content (AvgIpc) is 2.48. The van der Waals surface area contributed by atoms with E-state index in [1.165, 1.54) is 18.2 Å². The van der Waals surface area contributed by atoms with Crippen LogP contribution in [0, 0.1) is 17.1 Å². The Morgan fingerprint density at radius 3 is 2.76 bits per heavy atom. The van der Waals surface area contributed by atoms with Gasteiger partial charge in [-0.25, -0.2) is 4.39 Å². The van der Waals surface area contributed by atoms with Gasteiger partial charge in [-0.2, -0.15) is 5.26 Å². The first kappa shape index (κ1) is 15.3. The summed E-state index contributed by atoms with van der Waals surface area (Å²) in [5.41, 5.74) is 1.75. The van der Waals surface area contributed by atoms with Crippen LogP contribution in [0.5, 0.6) is 5.75 Å². The van der Waals surface area contributed by atoms with Crippen molar-refractivity contribution in [3.63, 3.8) is 0 Å². The van der Waals surface area contributed by atoms with Gasteiger partial charge in [0.1, 0.15) is 18.2 Å². The van der Waals surface area contributed by atoms with Crippen LogP contribution in [0.3, 0.4) is 0 Å². The van der Waals surface area contributed by atoms with Crippen LogP contribution in [0.4, 0.5) is 4.39 Å². The number of nitrogens with one attached hydrogen (secondary N) is 1. The molecule has 5 heteroatoms. The van der Waals surface area contributed by atoms with Crippen molar-refractivity contribution in [2.75, 3.05) is 7.05 Å². The summed E-state index contributed by atoms with van der Waals surface area (Å²) < 4.78 is 19.2. The maximum atomic E-state index is 13.6. The van der Waals surface area contributed by atoms with Crippen molar-refractivity contribution in [3.8, 4) is 11.8 Å². The number of nitriles is 1. The van der Waals surface area contributed by atoms with Gasteiger partial charge in [0.25, 0.3) is 0 Å². The van der Waals surface area contributed by atoms with E-state index in [2.05, 4.69) is 5.32 Å². The van der Waals surface area contributed by atoms with Crippen LogP contribution >= 0.6 is 11.6 Å². The summed E-state index contributed by atoms with van der Waals surface area (Å²) >= 11 is 6.13. The molecule has 0 bridgehead atoms. The largest absolute Gasteiger partial charge is 0.487 e. The van der Waals surface area contributed by atoms with Crippen molar-refractivity contribution in [3.05, 3.63) is 63.9 Å². The lowest BCUT2D eigenvalue weighted by Gasteiger charge is -2.10. The maximum Gasteiger partial charge on any atom is 0.138 e. The Morgan fingerprint density at radius 2 is 2.10 bits per heavy atom. The third-order valence-corrected chi connectivity index (χ3v) is 3.23. The Kier molecular flexibility index (Phi) is 5.15. The quantitative estimate of drug-likeness (QED) is 0.917. The minimum absolute atomic E-state index is 0.0203. The van der Waals surface area contributed by atoms with Gasteiger partial charge in [0.05, 0.1) is 16.7 Å². The molecule has 0 saturated carbocycles. The van der Waals surface area contributed by atoms with Crippen LogP contribution in [-0.4, -0.2) is 7.05 Å². The van der Waals surface area contributed by atoms with Crippen molar-refractivity contribution >= 4 is 11.6 Å². The average molecular weight is 305 g/mol. The Hall–Kier alpha value is -2.09. The number of nitrogens with zero attached hydrogens (tertiary/aromatic N) is 1. The lowest BCUT2D eigenvalue weighted by atomic mass is 10.1. The number of halogens is 2. The molecule has 0 aromatic heterocycles. The van der Waals surface area contributed by atoms with Gasteiger partial charge in [0, 0.05) is 12.1 Å². The second-order valence-corrected chi connectivity index (χ2v) is 4.91. The van der Waals surface area contributed by atoms with Crippen LogP contribution in [-0.2, 0) is 13.2 Å². The van der Waals surface area contributed by atoms with E-state index in [0.29, 0.717) is 28.4 Å². The standard InChI is InChI=1S/C16H14ClFN2O/c1-20-9-12-3-5-16(14(17)7-12)21-10-13-6-11(8-19)2-4-15(13)18/h2-7,20H,9-10H2,1H3. The van der Waals surface area contributed by atoms with E-state index < -0.39 is 5.82 Å². The second-order valence-electron chi connectivity index (χ2n) is 4.50. The highest BCUT2D eigenvalue weighted by atomic mass is 35.5. The van der Waals surface area contributed by atoms with Crippen LogP contribution in [0.25, 0.3) is 0 Å². The summed E-state index contributed by atoms with van der Waals surface area (Å²) in [6.07, 6.45) is 0. The number of ether oxygens (including phenoxy) is 1. The van der Waals surface area contributed by atoms with E-state index in [1.807, 2.05) is 19.2 Å². The van der Waals surface area contributed by atoms with Crippen molar-refractivity contribution in [1.29, 1.82) is 5.26 Å². The zero-order chi connectivity index (χ0) is 15.2. The van der Waals surface area contributed by atoms with Crippen LogP contribution in [0.15, 0.2) is 36.4 Å². The first-order valence-corrected chi connectivity index (χ1v) is 6.76. The molecule has 2 aromatic rings. The minimum atomic E-state index is -0.406. The molecular weight excluding hydrogens is 291 g/mol. The fourth-order valence-electron chi connectivity index (χ4n) is 1.89. The fourth-order valence-corrected chi connectivity index (χ4v) is 2.14. The molecule has 2 rings (SSSR count). The number of hydrogen-bond acceptors (Lipinski definition) is 3. The Labute approximate surface area is 127 Å². The number of rotatable bonds is 5. The molecule has 0 atom stereocenters. The molecule has 21 heavy (non-hydrogen) atoms. The van der Waals surface area contributed by atoms with E-state index >= 15 is 0 Å². The molecule has 0 heterocycles. The normalized spacial score (nSPS) is 10.2. The lowest BCUT2D eigenvalue weighted by Crippen LogP contribution is -2.05. The van der Waals surface area contributed by atoms with Crippen LogP contribution in [0.1, 0.15) is 16.7 Å². The van der Waals surface area contributed by atoms with Gasteiger partial charge in [0.2, 0.25) is 0 Å². The second kappa shape index (κ2) is 7.07. The Bertz CT molecular complexity index is 682. The summed E-state index contributed by atoms with van der Waals surface area (Å²) in [7, 11) is 1.85. The van der Waals surface area contributed by atoms with Crippen molar-refractivity contribution < 1.29 is 9.13 Å². The monoisotopic (exact) mass is 304 g/mol. The van der Waals surface area contributed by atoms with Gasteiger partial charge in [-0.15, -0.1) is 0 Å². The van der Waals surface area contributed by atoms with Crippen LogP contribution < -0.4 is 10.1 Å². The minimum Gasteiger partial charge on any atom is -0.487 e. The summed E-state index contributed by atoms with van der Waals surface area (Å²) in [5.74, 6) is 0.0789. The van der Waals surface area contributed by atoms with E-state index in [1.54, 1.807) is 12.1 Å². The highest BCUT2D eigenvalue weighted by Gasteiger charge is 2.07. The highest BCUT2D eigenvalue weighted by molar-refractivity contribution is 6.32. The zero-order valence-electron chi connectivity index (χ0n) is 11.5. The molecule has 0 aliphatic rings. The Morgan fingerprint density at radius 1 is 1.29 bits per heavy atom. The number of hydrogen-bond donors (Lipinski definition) is 1. The molecule has 0 amide bonds. The van der Waals surface area contributed by atoms with Crippen molar-refractivity contribution in [1.82, 2.24) is 5.32 Å². The smallest absolute Gasteiger partial charge is 0.138 e. The molecule has 1 N–H and O–H groups in total. The topological polar surface area (TPSA) is 45.0 Å². The van der Waals surface area contributed by atoms with Gasteiger partial charge < -0.3 is 10.1 Å². The van der Waals surface area contributed by atoms with Gasteiger partial charge in [0.15, 0.2) is 0 Å². The maximum absolute atomic E-state index is 13.6. The van der Waals surface area contributed by atoms with Crippen molar-refractivity contribution in [2.24, 2.45) is 0 Å². The fraction of sp³-hybridized carbons (Fsp3) is 0.188. The predicted molar refractivity (Wildman–Crippen MR) is 79.7 cm³/mol. The van der Waals surface area contributed by atoms with E-state index in [4.69, 9.17) is 21.6 Å². The summed E-state index contributed by atoms with van der Waals surface area (Å²) in [6, 6.07) is 11.6. The predicted octanol–water partition coefficient (Wildman–Crippen LogP) is 3.65. The summed E-state index contributed by atoms with van der Waals surface area (Å²) in [4.78, 5) is 0. The van der Waals surface area contributed by atoms with Gasteiger partial charge in [-0.1, -0.05) is 17.7 Å². The first-order valence-electron chi connectivity index (χ1n) is 6.38.